The molecule has 0 saturated carbocycles. The van der Waals surface area contributed by atoms with Crippen LogP contribution in [-0.2, 0) is 0 Å². The lowest BCUT2D eigenvalue weighted by Crippen LogP contribution is -2.47. The Hall–Kier alpha value is -4.33. The van der Waals surface area contributed by atoms with E-state index in [-0.39, 0.29) is 16.7 Å². The molecule has 0 bridgehead atoms. The van der Waals surface area contributed by atoms with Crippen molar-refractivity contribution in [2.24, 2.45) is 0 Å². The molecule has 8 heteroatoms. The zero-order chi connectivity index (χ0) is 30.6. The summed E-state index contributed by atoms with van der Waals surface area (Å²) in [6.07, 6.45) is 4.23. The molecule has 0 spiro atoms. The third-order valence-corrected chi connectivity index (χ3v) is 9.03. The Balaban J connectivity index is 1.82. The van der Waals surface area contributed by atoms with Crippen LogP contribution in [0.25, 0.3) is 16.7 Å². The second-order valence-corrected chi connectivity index (χ2v) is 12.5. The third kappa shape index (κ3) is 3.84. The fourth-order valence-electron chi connectivity index (χ4n) is 6.49. The van der Waals surface area contributed by atoms with E-state index in [9.17, 15) is 14.3 Å². The highest BCUT2D eigenvalue weighted by atomic mass is 19.2. The molecule has 216 valence electrons. The molecule has 3 heterocycles. The van der Waals surface area contributed by atoms with Crippen molar-refractivity contribution < 1.29 is 27.8 Å². The van der Waals surface area contributed by atoms with Crippen LogP contribution in [0.1, 0.15) is 74.2 Å². The van der Waals surface area contributed by atoms with Gasteiger partial charge in [0.1, 0.15) is 29.9 Å². The van der Waals surface area contributed by atoms with Gasteiger partial charge in [0.25, 0.3) is 0 Å². The summed E-state index contributed by atoms with van der Waals surface area (Å²) in [7, 11) is 3.94. The number of rotatable bonds is 2. The SMILES string of the molecule is CC1=CC(C)(C)N(C)c2cc3c(cc21)C(c1c(F)cc(F)c(F)c1C(=O)O)=c1cc2c(cc1O3)=[N+](C)C(C)(C)C=C2C. The van der Waals surface area contributed by atoms with Crippen LogP contribution in [-0.4, -0.2) is 36.2 Å². The predicted octanol–water partition coefficient (Wildman–Crippen LogP) is 6.10. The Labute approximate surface area is 242 Å². The van der Waals surface area contributed by atoms with Crippen LogP contribution in [0.3, 0.4) is 0 Å². The van der Waals surface area contributed by atoms with Gasteiger partial charge in [-0.2, -0.15) is 0 Å². The number of allylic oxidation sites excluding steroid dienone is 2. The fourth-order valence-corrected chi connectivity index (χ4v) is 6.49. The number of carboxylic acid groups (broad SMARTS) is 1. The molecule has 0 fully saturated rings. The topological polar surface area (TPSA) is 52.8 Å². The number of likely N-dealkylation sites (N-methyl/N-ethyl adjacent to an activating group) is 2. The second-order valence-electron chi connectivity index (χ2n) is 12.5. The van der Waals surface area contributed by atoms with E-state index in [1.807, 2.05) is 52.2 Å². The van der Waals surface area contributed by atoms with Gasteiger partial charge >= 0.3 is 5.97 Å². The van der Waals surface area contributed by atoms with Crippen LogP contribution in [0.15, 0.2) is 42.5 Å². The Morgan fingerprint density at radius 2 is 1.55 bits per heavy atom. The van der Waals surface area contributed by atoms with Crippen LogP contribution in [0.2, 0.25) is 0 Å². The number of anilines is 1. The summed E-state index contributed by atoms with van der Waals surface area (Å²) in [6.45, 7) is 12.3. The normalized spacial score (nSPS) is 17.8. The van der Waals surface area contributed by atoms with Gasteiger partial charge in [0, 0.05) is 71.8 Å². The van der Waals surface area contributed by atoms with Gasteiger partial charge in [-0.05, 0) is 57.0 Å². The first kappa shape index (κ1) is 27.8. The molecule has 0 aromatic heterocycles. The van der Waals surface area contributed by atoms with Gasteiger partial charge in [0.05, 0.1) is 11.6 Å². The van der Waals surface area contributed by atoms with Crippen molar-refractivity contribution in [2.45, 2.75) is 52.6 Å². The number of benzene rings is 3. The maximum atomic E-state index is 15.8. The molecule has 3 aromatic carbocycles. The van der Waals surface area contributed by atoms with E-state index in [0.717, 1.165) is 33.3 Å². The Morgan fingerprint density at radius 3 is 2.21 bits per heavy atom. The predicted molar refractivity (Wildman–Crippen MR) is 158 cm³/mol. The minimum absolute atomic E-state index is 0.131. The molecule has 0 atom stereocenters. The van der Waals surface area contributed by atoms with E-state index < -0.39 is 34.5 Å². The molecule has 3 aromatic rings. The van der Waals surface area contributed by atoms with Crippen molar-refractivity contribution in [2.75, 3.05) is 19.0 Å². The molecule has 0 amide bonds. The van der Waals surface area contributed by atoms with E-state index in [2.05, 4.69) is 49.3 Å². The summed E-state index contributed by atoms with van der Waals surface area (Å²) in [5.74, 6) is -5.41. The first-order chi connectivity index (χ1) is 19.5. The summed E-state index contributed by atoms with van der Waals surface area (Å²) in [6, 6.07) is 7.75. The van der Waals surface area contributed by atoms with Crippen molar-refractivity contribution in [3.05, 3.63) is 98.3 Å². The number of ether oxygens (including phenoxy) is 1. The van der Waals surface area contributed by atoms with Gasteiger partial charge in [-0.15, -0.1) is 0 Å². The molecule has 3 aliphatic heterocycles. The van der Waals surface area contributed by atoms with Crippen molar-refractivity contribution >= 4 is 28.4 Å². The fraction of sp³-hybridized carbons (Fsp3) is 0.294. The summed E-state index contributed by atoms with van der Waals surface area (Å²) in [5, 5.41) is 11.3. The van der Waals surface area contributed by atoms with Gasteiger partial charge < -0.3 is 14.7 Å². The van der Waals surface area contributed by atoms with Crippen molar-refractivity contribution in [1.29, 1.82) is 0 Å². The van der Waals surface area contributed by atoms with Crippen LogP contribution in [0.5, 0.6) is 11.5 Å². The molecule has 0 radical (unpaired) electrons. The lowest BCUT2D eigenvalue weighted by Gasteiger charge is -2.41. The number of halogens is 3. The molecular formula is C34H32F3N2O3+. The monoisotopic (exact) mass is 573 g/mol. The number of carboxylic acids is 1. The molecule has 5 nitrogen and oxygen atoms in total. The first-order valence-electron chi connectivity index (χ1n) is 13.7. The number of fused-ring (bicyclic) bond motifs is 4. The maximum Gasteiger partial charge on any atom is 0.339 e. The van der Waals surface area contributed by atoms with Crippen LogP contribution in [0, 0.1) is 17.5 Å². The highest BCUT2D eigenvalue weighted by Crippen LogP contribution is 2.46. The number of carbonyl (C=O) groups is 1. The molecule has 42 heavy (non-hydrogen) atoms. The molecule has 0 unspecified atom stereocenters. The molecular weight excluding hydrogens is 541 g/mol. The lowest BCUT2D eigenvalue weighted by molar-refractivity contribution is 0.0689. The number of nitrogens with zero attached hydrogens (tertiary/aromatic N) is 2. The largest absolute Gasteiger partial charge is 0.478 e. The maximum absolute atomic E-state index is 15.8. The zero-order valence-corrected chi connectivity index (χ0v) is 24.8. The van der Waals surface area contributed by atoms with Gasteiger partial charge in [-0.1, -0.05) is 6.08 Å². The molecule has 1 N–H and O–H groups in total. The van der Waals surface area contributed by atoms with E-state index in [0.29, 0.717) is 28.3 Å². The Morgan fingerprint density at radius 1 is 0.881 bits per heavy atom. The highest BCUT2D eigenvalue weighted by Gasteiger charge is 2.36. The lowest BCUT2D eigenvalue weighted by atomic mass is 9.83. The summed E-state index contributed by atoms with van der Waals surface area (Å²) >= 11 is 0. The number of hydrogen-bond donors (Lipinski definition) is 1. The van der Waals surface area contributed by atoms with Gasteiger partial charge in [-0.25, -0.2) is 22.5 Å². The van der Waals surface area contributed by atoms with Crippen LogP contribution < -0.4 is 24.8 Å². The molecule has 3 aliphatic rings. The van der Waals surface area contributed by atoms with E-state index >= 15 is 8.78 Å². The first-order valence-corrected chi connectivity index (χ1v) is 13.7. The third-order valence-electron chi connectivity index (χ3n) is 9.03. The molecule has 6 rings (SSSR count). The van der Waals surface area contributed by atoms with Gasteiger partial charge in [0.15, 0.2) is 17.2 Å². The second kappa shape index (κ2) is 8.84. The average molecular weight is 574 g/mol. The number of aromatic carboxylic acids is 1. The van der Waals surface area contributed by atoms with Crippen molar-refractivity contribution in [3.8, 4) is 11.5 Å². The summed E-state index contributed by atoms with van der Waals surface area (Å²) < 4.78 is 54.0. The molecule has 0 saturated heterocycles. The quantitative estimate of drug-likeness (QED) is 0.233. The van der Waals surface area contributed by atoms with Crippen LogP contribution >= 0.6 is 0 Å². The zero-order valence-electron chi connectivity index (χ0n) is 24.8. The Bertz CT molecular complexity index is 1970. The molecule has 0 aliphatic carbocycles. The highest BCUT2D eigenvalue weighted by molar-refractivity contribution is 6.00. The summed E-state index contributed by atoms with van der Waals surface area (Å²) in [4.78, 5) is 14.5. The van der Waals surface area contributed by atoms with Gasteiger partial charge in [0.2, 0.25) is 5.36 Å². The smallest absolute Gasteiger partial charge is 0.339 e. The van der Waals surface area contributed by atoms with E-state index in [4.69, 9.17) is 4.74 Å². The van der Waals surface area contributed by atoms with E-state index in [1.54, 1.807) is 0 Å². The summed E-state index contributed by atoms with van der Waals surface area (Å²) in [5.41, 5.74) is 2.83. The minimum atomic E-state index is -1.77. The van der Waals surface area contributed by atoms with Gasteiger partial charge in [-0.3, -0.25) is 0 Å². The van der Waals surface area contributed by atoms with Crippen molar-refractivity contribution in [3.63, 3.8) is 0 Å². The minimum Gasteiger partial charge on any atom is -0.478 e. The van der Waals surface area contributed by atoms with Crippen molar-refractivity contribution in [1.82, 2.24) is 4.58 Å². The number of hydrogen-bond acceptors (Lipinski definition) is 3. The average Bonchev–Trinajstić information content (AvgIpc) is 2.89. The Kier molecular flexibility index (Phi) is 5.85. The standard InChI is InChI=1S/C34H31F3N2O3/c1-16-14-33(3,4)38(7)24-12-26-20(9-18(16)24)28(29-22(35)11-23(36)31(37)30(29)32(40)41)21-10-19-17(2)15-34(5,6)39(8)25(19)13-27(21)42-26/h9-15H,1-8H3/p+1. The van der Waals surface area contributed by atoms with Crippen LogP contribution in [0.4, 0.5) is 18.9 Å². The van der Waals surface area contributed by atoms with E-state index in [1.165, 1.54) is 0 Å².